The van der Waals surface area contributed by atoms with Crippen LogP contribution >= 0.6 is 50.1 Å². The number of aryl methyl sites for hydroxylation is 13. The first kappa shape index (κ1) is 106. The number of rotatable bonds is 30. The van der Waals surface area contributed by atoms with E-state index >= 15 is 0 Å². The summed E-state index contributed by atoms with van der Waals surface area (Å²) in [4.78, 5) is 69.0. The van der Waals surface area contributed by atoms with Crippen molar-refractivity contribution in [1.29, 1.82) is 0 Å². The van der Waals surface area contributed by atoms with Gasteiger partial charge in [0, 0.05) is 68.8 Å². The van der Waals surface area contributed by atoms with Gasteiger partial charge in [-0.2, -0.15) is 0 Å². The molecule has 22 heteroatoms. The number of hydrogen-bond donors (Lipinski definition) is 0. The zero-order valence-electron chi connectivity index (χ0n) is 78.2. The van der Waals surface area contributed by atoms with E-state index in [4.69, 9.17) is 68.4 Å². The minimum Gasteiger partial charge on any atom is -0.488 e. The van der Waals surface area contributed by atoms with Crippen molar-refractivity contribution >= 4 is 85.9 Å². The van der Waals surface area contributed by atoms with Crippen molar-refractivity contribution in [2.24, 2.45) is 0 Å². The molecular weight excluding hydrogens is 1860 g/mol. The van der Waals surface area contributed by atoms with Crippen molar-refractivity contribution in [3.05, 3.63) is 349 Å². The van der Waals surface area contributed by atoms with Crippen LogP contribution in [0, 0.1) is 99.4 Å². The number of para-hydroxylation sites is 1. The van der Waals surface area contributed by atoms with E-state index in [0.29, 0.717) is 104 Å². The third-order valence-corrected chi connectivity index (χ3v) is 22.1. The molecule has 12 aromatic rings. The van der Waals surface area contributed by atoms with Gasteiger partial charge in [-0.3, -0.25) is 28.8 Å². The first-order valence-corrected chi connectivity index (χ1v) is 45.6. The lowest BCUT2D eigenvalue weighted by Crippen LogP contribution is -2.10. The van der Waals surface area contributed by atoms with Crippen molar-refractivity contribution < 1.29 is 90.0 Å². The topological polar surface area (TPSA) is 213 Å². The summed E-state index contributed by atoms with van der Waals surface area (Å²) in [6.45, 7) is 38.5. The van der Waals surface area contributed by atoms with Crippen LogP contribution in [0.1, 0.15) is 186 Å². The average Bonchev–Trinajstić information content (AvgIpc) is 0.849. The van der Waals surface area contributed by atoms with Crippen LogP contribution in [-0.4, -0.2) is 35.8 Å². The molecule has 0 radical (unpaired) electrons. The number of benzene rings is 12. The Hall–Kier alpha value is -12.3. The van der Waals surface area contributed by atoms with Crippen molar-refractivity contribution in [3.63, 3.8) is 0 Å². The van der Waals surface area contributed by atoms with Crippen LogP contribution in [0.15, 0.2) is 229 Å². The van der Waals surface area contributed by atoms with Crippen molar-refractivity contribution in [3.8, 4) is 69.0 Å². The Morgan fingerprint density at radius 3 is 0.893 bits per heavy atom. The van der Waals surface area contributed by atoms with E-state index in [1.54, 1.807) is 90.1 Å². The highest BCUT2D eigenvalue weighted by atomic mass is 127. The molecule has 0 heterocycles. The Morgan fingerprint density at radius 1 is 0.267 bits per heavy atom. The summed E-state index contributed by atoms with van der Waals surface area (Å²) < 4.78 is 82.9. The molecule has 131 heavy (non-hydrogen) atoms. The molecule has 0 aliphatic heterocycles. The van der Waals surface area contributed by atoms with Crippen molar-refractivity contribution in [1.82, 2.24) is 0 Å². The number of hydrogen-bond acceptors (Lipinski definition) is 18. The average molecular weight is 1980 g/mol. The van der Waals surface area contributed by atoms with Crippen LogP contribution in [0.25, 0.3) is 0 Å². The third-order valence-electron chi connectivity index (χ3n) is 19.9. The summed E-state index contributed by atoms with van der Waals surface area (Å²) in [7, 11) is 0. The summed E-state index contributed by atoms with van der Waals surface area (Å²) in [6.07, 6.45) is 1.93. The third kappa shape index (κ3) is 34.8. The first-order valence-electron chi connectivity index (χ1n) is 43.3. The smallest absolute Gasteiger partial charge is 0.310 e. The minimum absolute atomic E-state index is 0.00288. The van der Waals surface area contributed by atoms with Crippen LogP contribution < -0.4 is 56.8 Å². The van der Waals surface area contributed by atoms with E-state index in [9.17, 15) is 33.2 Å². The van der Waals surface area contributed by atoms with Crippen LogP contribution in [0.5, 0.6) is 69.0 Å². The van der Waals surface area contributed by atoms with E-state index in [2.05, 4.69) is 89.6 Å². The highest BCUT2D eigenvalue weighted by Gasteiger charge is 2.20. The van der Waals surface area contributed by atoms with Gasteiger partial charge in [0.1, 0.15) is 114 Å². The number of halogens is 4. The Labute approximate surface area is 798 Å². The van der Waals surface area contributed by atoms with E-state index in [0.717, 1.165) is 104 Å². The molecular formula is C109H118BrClFIO18. The van der Waals surface area contributed by atoms with Crippen molar-refractivity contribution in [2.75, 3.05) is 0 Å². The molecule has 18 nitrogen and oxygen atoms in total. The van der Waals surface area contributed by atoms with Crippen LogP contribution in [0.4, 0.5) is 4.39 Å². The fourth-order valence-electron chi connectivity index (χ4n) is 12.6. The fourth-order valence-corrected chi connectivity index (χ4v) is 13.9. The molecule has 0 atom stereocenters. The molecule has 12 rings (SSSR count). The van der Waals surface area contributed by atoms with Gasteiger partial charge in [-0.05, 0) is 249 Å². The SMILES string of the molecule is CCC(=O)Oc1cccc(Br)c1COc1ccc(C)cc1C.CCC(=O)Oc1cccc(C)c1COc1ccc(C)cc1C.CCC(=O)Oc1cccc(Cl)c1COc1ccc(C)cc1C.CCC(=O)Oc1cccc(F)c1COc1ccc(C)cc1C.CCC(=O)Oc1cccc(I)c1COc1ccc(C)cc1C.CCC(=O)Oc1ccccc1COc1ccc(C)cc1C. The molecule has 0 aliphatic carbocycles. The standard InChI is InChI=1S/C19H22O3.C18H19BrO3.C18H19ClO3.C18H19FO3.C18H19IO3.C18H20O3/c1-5-19(20)22-18-8-6-7-14(3)16(18)12-21-17-10-9-13(2)11-15(17)4;4*1-4-18(20)22-17-7-5-6-15(19)14(17)11-21-16-9-8-12(2)10-13(16)3;1-4-18(19)21-17-8-6-5-7-15(17)12-20-16-10-9-13(2)11-14(16)3/h6-11H,5,12H2,1-4H3;4*5-10H,4,11H2,1-3H3;5-11H,4,12H2,1-3H3. The summed E-state index contributed by atoms with van der Waals surface area (Å²) in [5.41, 5.74) is 19.0. The van der Waals surface area contributed by atoms with E-state index in [1.165, 1.54) is 39.9 Å². The molecule has 0 aliphatic rings. The number of esters is 6. The minimum atomic E-state index is -0.453. The summed E-state index contributed by atoms with van der Waals surface area (Å²) >= 11 is 11.9. The number of ether oxygens (including phenoxy) is 12. The maximum Gasteiger partial charge on any atom is 0.310 e. The molecule has 0 unspecified atom stereocenters. The van der Waals surface area contributed by atoms with Gasteiger partial charge in [0.2, 0.25) is 0 Å². The number of carbonyl (C=O) groups is 6. The van der Waals surface area contributed by atoms with Gasteiger partial charge in [-0.25, -0.2) is 4.39 Å². The highest BCUT2D eigenvalue weighted by Crippen LogP contribution is 2.36. The second-order valence-electron chi connectivity index (χ2n) is 30.8. The van der Waals surface area contributed by atoms with Crippen LogP contribution in [0.2, 0.25) is 5.02 Å². The summed E-state index contributed by atoms with van der Waals surface area (Å²) in [6, 6.07) is 70.0. The molecule has 0 N–H and O–H groups in total. The Bertz CT molecular complexity index is 5180. The lowest BCUT2D eigenvalue weighted by Gasteiger charge is -2.15. The number of carbonyl (C=O) groups excluding carboxylic acids is 6. The normalized spacial score (nSPS) is 10.3. The molecule has 0 saturated heterocycles. The second kappa shape index (κ2) is 54.4. The van der Waals surface area contributed by atoms with Crippen molar-refractivity contribution in [2.45, 2.75) is 210 Å². The molecule has 0 saturated carbocycles. The fraction of sp³-hybridized carbons (Fsp3) is 0.284. The van der Waals surface area contributed by atoms with Gasteiger partial charge in [0.05, 0.1) is 16.1 Å². The maximum atomic E-state index is 14.0. The zero-order chi connectivity index (χ0) is 95.8. The molecule has 0 spiro atoms. The van der Waals surface area contributed by atoms with E-state index in [-0.39, 0.29) is 60.8 Å². The molecule has 0 amide bonds. The maximum absolute atomic E-state index is 14.0. The van der Waals surface area contributed by atoms with Gasteiger partial charge in [-0.1, -0.05) is 230 Å². The van der Waals surface area contributed by atoms with E-state index < -0.39 is 11.8 Å². The van der Waals surface area contributed by atoms with Gasteiger partial charge < -0.3 is 56.8 Å². The summed E-state index contributed by atoms with van der Waals surface area (Å²) in [5, 5.41) is 0.520. The first-order chi connectivity index (χ1) is 62.6. The monoisotopic (exact) mass is 1970 g/mol. The quantitative estimate of drug-likeness (QED) is 0.0232. The highest BCUT2D eigenvalue weighted by molar-refractivity contribution is 14.1. The Kier molecular flexibility index (Phi) is 43.9. The van der Waals surface area contributed by atoms with Crippen LogP contribution in [-0.2, 0) is 68.4 Å². The molecule has 0 aromatic heterocycles. The largest absolute Gasteiger partial charge is 0.488 e. The summed E-state index contributed by atoms with van der Waals surface area (Å²) in [5.74, 6) is 5.61. The second-order valence-corrected chi connectivity index (χ2v) is 33.3. The molecule has 12 aromatic carbocycles. The van der Waals surface area contributed by atoms with Gasteiger partial charge in [0.25, 0.3) is 0 Å². The Balaban J connectivity index is 0.000000215. The molecule has 690 valence electrons. The van der Waals surface area contributed by atoms with Gasteiger partial charge >= 0.3 is 35.8 Å². The lowest BCUT2D eigenvalue weighted by atomic mass is 10.1. The van der Waals surface area contributed by atoms with Gasteiger partial charge in [-0.15, -0.1) is 0 Å². The molecule has 0 bridgehead atoms. The molecule has 0 fully saturated rings. The van der Waals surface area contributed by atoms with Crippen LogP contribution in [0.3, 0.4) is 0 Å². The van der Waals surface area contributed by atoms with E-state index in [1.807, 2.05) is 203 Å². The Morgan fingerprint density at radius 2 is 0.527 bits per heavy atom. The van der Waals surface area contributed by atoms with Gasteiger partial charge in [0.15, 0.2) is 0 Å². The lowest BCUT2D eigenvalue weighted by molar-refractivity contribution is -0.135. The zero-order valence-corrected chi connectivity index (χ0v) is 82.7. The predicted octanol–water partition coefficient (Wildman–Crippen LogP) is 27.7. The predicted molar refractivity (Wildman–Crippen MR) is 526 cm³/mol.